The van der Waals surface area contributed by atoms with Crippen LogP contribution in [0.15, 0.2) is 54.7 Å². The van der Waals surface area contributed by atoms with Gasteiger partial charge in [0.25, 0.3) is 0 Å². The Bertz CT molecular complexity index is 723. The Labute approximate surface area is 110 Å². The fraction of sp³-hybridized carbons (Fsp3) is 0. The van der Waals surface area contributed by atoms with Crippen LogP contribution < -0.4 is 5.73 Å². The molecule has 18 heavy (non-hydrogen) atoms. The van der Waals surface area contributed by atoms with Crippen LogP contribution >= 0.6 is 11.6 Å². The fourth-order valence-electron chi connectivity index (χ4n) is 1.95. The van der Waals surface area contributed by atoms with E-state index in [-0.39, 0.29) is 0 Å². The van der Waals surface area contributed by atoms with Crippen LogP contribution in [0.5, 0.6) is 0 Å². The lowest BCUT2D eigenvalue weighted by molar-refractivity contribution is 1.41. The van der Waals surface area contributed by atoms with Crippen molar-refractivity contribution < 1.29 is 0 Å². The number of nitrogens with zero attached hydrogens (tertiary/aromatic N) is 1. The lowest BCUT2D eigenvalue weighted by atomic mass is 10.0. The second-order valence-electron chi connectivity index (χ2n) is 4.15. The number of anilines is 1. The fourth-order valence-corrected chi connectivity index (χ4v) is 2.13. The van der Waals surface area contributed by atoms with Crippen LogP contribution in [0.2, 0.25) is 5.02 Å². The minimum absolute atomic E-state index is 0.577. The maximum atomic E-state index is 6.04. The maximum Gasteiger partial charge on any atom is 0.0708 e. The van der Waals surface area contributed by atoms with Crippen molar-refractivity contribution in [3.8, 4) is 11.1 Å². The molecule has 0 bridgehead atoms. The number of hydrogen-bond acceptors (Lipinski definition) is 2. The Morgan fingerprint density at radius 3 is 2.56 bits per heavy atom. The van der Waals surface area contributed by atoms with E-state index >= 15 is 0 Å². The minimum atomic E-state index is 0.577. The second-order valence-corrected chi connectivity index (χ2v) is 4.55. The molecule has 2 N–H and O–H groups in total. The van der Waals surface area contributed by atoms with Crippen LogP contribution in [0.3, 0.4) is 0 Å². The van der Waals surface area contributed by atoms with Gasteiger partial charge in [-0.3, -0.25) is 4.98 Å². The molecule has 0 saturated carbocycles. The minimum Gasteiger partial charge on any atom is -0.398 e. The number of nitrogens with two attached hydrogens (primary N) is 1. The van der Waals surface area contributed by atoms with E-state index in [9.17, 15) is 0 Å². The van der Waals surface area contributed by atoms with E-state index in [1.165, 1.54) is 0 Å². The number of pyridine rings is 1. The van der Waals surface area contributed by atoms with Crippen LogP contribution in [0.1, 0.15) is 0 Å². The Morgan fingerprint density at radius 1 is 0.944 bits per heavy atom. The highest BCUT2D eigenvalue weighted by Gasteiger charge is 2.03. The van der Waals surface area contributed by atoms with Gasteiger partial charge >= 0.3 is 0 Å². The molecular weight excluding hydrogens is 244 g/mol. The molecule has 0 fully saturated rings. The third-order valence-electron chi connectivity index (χ3n) is 2.94. The normalized spacial score (nSPS) is 10.7. The van der Waals surface area contributed by atoms with Crippen molar-refractivity contribution in [1.29, 1.82) is 0 Å². The highest BCUT2D eigenvalue weighted by Crippen LogP contribution is 2.28. The van der Waals surface area contributed by atoms with Crippen LogP contribution in [0, 0.1) is 0 Å². The van der Waals surface area contributed by atoms with Gasteiger partial charge in [0.15, 0.2) is 0 Å². The van der Waals surface area contributed by atoms with Gasteiger partial charge in [-0.25, -0.2) is 0 Å². The number of benzene rings is 2. The first-order valence-corrected chi connectivity index (χ1v) is 6.02. The number of nitrogen functional groups attached to an aromatic ring is 1. The van der Waals surface area contributed by atoms with Crippen LogP contribution in [0.25, 0.3) is 22.0 Å². The topological polar surface area (TPSA) is 38.9 Å². The highest BCUT2D eigenvalue weighted by atomic mass is 35.5. The van der Waals surface area contributed by atoms with Crippen LogP contribution in [-0.2, 0) is 0 Å². The summed E-state index contributed by atoms with van der Waals surface area (Å²) in [5.74, 6) is 0. The van der Waals surface area contributed by atoms with E-state index in [1.54, 1.807) is 6.20 Å². The van der Waals surface area contributed by atoms with Gasteiger partial charge in [0.2, 0.25) is 0 Å². The predicted molar refractivity (Wildman–Crippen MR) is 76.6 cm³/mol. The molecule has 0 saturated heterocycles. The summed E-state index contributed by atoms with van der Waals surface area (Å²) < 4.78 is 0. The number of rotatable bonds is 1. The monoisotopic (exact) mass is 254 g/mol. The first-order valence-electron chi connectivity index (χ1n) is 5.64. The summed E-state index contributed by atoms with van der Waals surface area (Å²) in [6, 6.07) is 15.8. The predicted octanol–water partition coefficient (Wildman–Crippen LogP) is 4.14. The number of hydrogen-bond donors (Lipinski definition) is 1. The molecule has 0 atom stereocenters. The second kappa shape index (κ2) is 4.31. The zero-order valence-electron chi connectivity index (χ0n) is 9.60. The lowest BCUT2D eigenvalue weighted by Gasteiger charge is -2.05. The molecule has 2 nitrogen and oxygen atoms in total. The molecule has 1 aromatic heterocycles. The molecule has 1 heterocycles. The van der Waals surface area contributed by atoms with Crippen LogP contribution in [-0.4, -0.2) is 4.98 Å². The SMILES string of the molecule is Nc1ccc(-c2ccc3cccnc3c2)cc1Cl. The van der Waals surface area contributed by atoms with Gasteiger partial charge in [-0.05, 0) is 35.4 Å². The molecule has 0 aliphatic rings. The third-order valence-corrected chi connectivity index (χ3v) is 3.27. The molecule has 3 heteroatoms. The van der Waals surface area contributed by atoms with Crippen molar-refractivity contribution in [3.63, 3.8) is 0 Å². The summed E-state index contributed by atoms with van der Waals surface area (Å²) in [7, 11) is 0. The summed E-state index contributed by atoms with van der Waals surface area (Å²) in [6.45, 7) is 0. The molecule has 3 rings (SSSR count). The van der Waals surface area contributed by atoms with Crippen molar-refractivity contribution in [3.05, 3.63) is 59.8 Å². The van der Waals surface area contributed by atoms with Crippen LogP contribution in [0.4, 0.5) is 5.69 Å². The molecule has 0 amide bonds. The summed E-state index contributed by atoms with van der Waals surface area (Å²) in [5, 5.41) is 1.71. The Balaban J connectivity index is 2.16. The summed E-state index contributed by atoms with van der Waals surface area (Å²) in [5.41, 5.74) is 9.41. The van der Waals surface area contributed by atoms with Crippen molar-refractivity contribution in [2.75, 3.05) is 5.73 Å². The van der Waals surface area contributed by atoms with E-state index in [1.807, 2.05) is 30.3 Å². The summed E-state index contributed by atoms with van der Waals surface area (Å²) in [6.07, 6.45) is 1.79. The average molecular weight is 255 g/mol. The van der Waals surface area contributed by atoms with E-state index in [0.717, 1.165) is 22.0 Å². The van der Waals surface area contributed by atoms with Gasteiger partial charge in [0.1, 0.15) is 0 Å². The maximum absolute atomic E-state index is 6.04. The van der Waals surface area contributed by atoms with Gasteiger partial charge in [-0.2, -0.15) is 0 Å². The molecule has 0 radical (unpaired) electrons. The molecule has 0 spiro atoms. The molecular formula is C15H11ClN2. The quantitative estimate of drug-likeness (QED) is 0.663. The lowest BCUT2D eigenvalue weighted by Crippen LogP contribution is -1.87. The molecule has 2 aromatic carbocycles. The zero-order valence-corrected chi connectivity index (χ0v) is 10.4. The van der Waals surface area contributed by atoms with Gasteiger partial charge in [0, 0.05) is 11.6 Å². The Morgan fingerprint density at radius 2 is 1.72 bits per heavy atom. The van der Waals surface area contributed by atoms with E-state index in [4.69, 9.17) is 17.3 Å². The van der Waals surface area contributed by atoms with E-state index in [2.05, 4.69) is 23.2 Å². The van der Waals surface area contributed by atoms with Crippen molar-refractivity contribution in [2.24, 2.45) is 0 Å². The zero-order chi connectivity index (χ0) is 12.5. The van der Waals surface area contributed by atoms with Crippen molar-refractivity contribution in [1.82, 2.24) is 4.98 Å². The summed E-state index contributed by atoms with van der Waals surface area (Å²) >= 11 is 6.04. The molecule has 88 valence electrons. The van der Waals surface area contributed by atoms with Gasteiger partial charge in [0.05, 0.1) is 16.2 Å². The largest absolute Gasteiger partial charge is 0.398 e. The van der Waals surface area contributed by atoms with Gasteiger partial charge in [-0.15, -0.1) is 0 Å². The summed E-state index contributed by atoms with van der Waals surface area (Å²) in [4.78, 5) is 4.35. The number of halogens is 1. The number of aromatic nitrogens is 1. The van der Waals surface area contributed by atoms with Crippen molar-refractivity contribution >= 4 is 28.2 Å². The third kappa shape index (κ3) is 1.91. The van der Waals surface area contributed by atoms with E-state index < -0.39 is 0 Å². The number of fused-ring (bicyclic) bond motifs is 1. The first-order chi connectivity index (χ1) is 8.74. The first kappa shape index (κ1) is 11.1. The Hall–Kier alpha value is -2.06. The molecule has 0 unspecified atom stereocenters. The molecule has 0 aliphatic heterocycles. The van der Waals surface area contributed by atoms with E-state index in [0.29, 0.717) is 10.7 Å². The smallest absolute Gasteiger partial charge is 0.0708 e. The standard InChI is InChI=1S/C15H11ClN2/c16-13-8-11(5-6-14(13)17)12-4-3-10-2-1-7-18-15(10)9-12/h1-9H,17H2. The van der Waals surface area contributed by atoms with Gasteiger partial charge < -0.3 is 5.73 Å². The average Bonchev–Trinajstić information content (AvgIpc) is 2.41. The molecule has 3 aromatic rings. The van der Waals surface area contributed by atoms with Crippen molar-refractivity contribution in [2.45, 2.75) is 0 Å². The van der Waals surface area contributed by atoms with Gasteiger partial charge in [-0.1, -0.05) is 35.9 Å². The Kier molecular flexibility index (Phi) is 2.65. The molecule has 0 aliphatic carbocycles. The highest BCUT2D eigenvalue weighted by molar-refractivity contribution is 6.33.